The highest BCUT2D eigenvalue weighted by molar-refractivity contribution is 7.99. The van der Waals surface area contributed by atoms with Crippen LogP contribution in [0.1, 0.15) is 12.0 Å². The quantitative estimate of drug-likeness (QED) is 0.808. The van der Waals surface area contributed by atoms with Crippen LogP contribution < -0.4 is 10.2 Å². The smallest absolute Gasteiger partial charge is 0.268 e. The van der Waals surface area contributed by atoms with Crippen LogP contribution >= 0.6 is 23.4 Å². The molecule has 1 amide bonds. The molecular weight excluding hydrogens is 401 g/mol. The maximum Gasteiger partial charge on any atom is 0.268 e. The summed E-state index contributed by atoms with van der Waals surface area (Å²) in [5, 5.41) is 7.36. The summed E-state index contributed by atoms with van der Waals surface area (Å²) in [7, 11) is 0. The lowest BCUT2D eigenvalue weighted by Gasteiger charge is -2.29. The molecule has 1 fully saturated rings. The zero-order chi connectivity index (χ0) is 19.5. The number of amides is 1. The van der Waals surface area contributed by atoms with E-state index in [9.17, 15) is 9.18 Å². The van der Waals surface area contributed by atoms with Gasteiger partial charge in [-0.3, -0.25) is 4.79 Å². The standard InChI is InChI=1S/C20H19ClFN3O2S/c21-16-11-15(4-5-18(16)25-6-8-28-9-7-25)23-20(26)19-12-17(24-27-19)13-2-1-3-14(22)10-13/h1-5,10-11,19H,6-9,12H2,(H,23,26). The van der Waals surface area contributed by atoms with Crippen LogP contribution in [0.4, 0.5) is 15.8 Å². The Bertz CT molecular complexity index is 918. The summed E-state index contributed by atoms with van der Waals surface area (Å²) < 4.78 is 13.4. The third-order valence-corrected chi connectivity index (χ3v) is 5.93. The molecule has 2 aliphatic rings. The number of halogens is 2. The molecule has 2 aromatic rings. The molecule has 0 spiro atoms. The Labute approximate surface area is 171 Å². The summed E-state index contributed by atoms with van der Waals surface area (Å²) in [5.41, 5.74) is 2.75. The van der Waals surface area contributed by atoms with E-state index in [4.69, 9.17) is 16.4 Å². The molecule has 28 heavy (non-hydrogen) atoms. The molecule has 2 aliphatic heterocycles. The molecule has 1 saturated heterocycles. The normalized spacial score (nSPS) is 19.1. The molecule has 0 aromatic heterocycles. The van der Waals surface area contributed by atoms with Gasteiger partial charge in [-0.25, -0.2) is 4.39 Å². The van der Waals surface area contributed by atoms with Crippen molar-refractivity contribution in [2.75, 3.05) is 34.8 Å². The van der Waals surface area contributed by atoms with Crippen LogP contribution in [0.25, 0.3) is 0 Å². The Kier molecular flexibility index (Phi) is 5.73. The van der Waals surface area contributed by atoms with E-state index in [0.29, 0.717) is 22.0 Å². The predicted octanol–water partition coefficient (Wildman–Crippen LogP) is 4.16. The number of carbonyl (C=O) groups excluding carboxylic acids is 1. The molecule has 8 heteroatoms. The van der Waals surface area contributed by atoms with Crippen molar-refractivity contribution in [3.8, 4) is 0 Å². The average Bonchev–Trinajstić information content (AvgIpc) is 3.19. The number of benzene rings is 2. The van der Waals surface area contributed by atoms with E-state index in [1.165, 1.54) is 12.1 Å². The summed E-state index contributed by atoms with van der Waals surface area (Å²) in [5.74, 6) is 1.51. The largest absolute Gasteiger partial charge is 0.382 e. The zero-order valence-corrected chi connectivity index (χ0v) is 16.6. The van der Waals surface area contributed by atoms with E-state index in [2.05, 4.69) is 15.4 Å². The van der Waals surface area contributed by atoms with Crippen molar-refractivity contribution in [2.45, 2.75) is 12.5 Å². The van der Waals surface area contributed by atoms with Gasteiger partial charge in [-0.1, -0.05) is 28.9 Å². The lowest BCUT2D eigenvalue weighted by Crippen LogP contribution is -2.32. The molecular formula is C20H19ClFN3O2S. The molecule has 2 heterocycles. The van der Waals surface area contributed by atoms with E-state index < -0.39 is 6.10 Å². The first-order valence-corrected chi connectivity index (χ1v) is 10.5. The van der Waals surface area contributed by atoms with Gasteiger partial charge in [0.15, 0.2) is 0 Å². The van der Waals surface area contributed by atoms with Gasteiger partial charge in [0.1, 0.15) is 5.82 Å². The van der Waals surface area contributed by atoms with E-state index in [0.717, 1.165) is 30.3 Å². The van der Waals surface area contributed by atoms with Crippen LogP contribution in [-0.4, -0.2) is 42.3 Å². The topological polar surface area (TPSA) is 53.9 Å². The molecule has 0 saturated carbocycles. The monoisotopic (exact) mass is 419 g/mol. The molecule has 0 radical (unpaired) electrons. The van der Waals surface area contributed by atoms with Gasteiger partial charge in [-0.15, -0.1) is 0 Å². The summed E-state index contributed by atoms with van der Waals surface area (Å²) in [6.07, 6.45) is -0.470. The van der Waals surface area contributed by atoms with Gasteiger partial charge in [0.25, 0.3) is 5.91 Å². The number of rotatable bonds is 4. The van der Waals surface area contributed by atoms with Crippen LogP contribution in [0.15, 0.2) is 47.6 Å². The Morgan fingerprint density at radius 3 is 2.82 bits per heavy atom. The van der Waals surface area contributed by atoms with E-state index in [1.54, 1.807) is 18.2 Å². The molecule has 1 N–H and O–H groups in total. The number of oxime groups is 1. The summed E-state index contributed by atoms with van der Waals surface area (Å²) in [4.78, 5) is 20.0. The first-order chi connectivity index (χ1) is 13.6. The fourth-order valence-corrected chi connectivity index (χ4v) is 4.43. The number of carbonyl (C=O) groups is 1. The maximum atomic E-state index is 13.4. The third kappa shape index (κ3) is 4.25. The van der Waals surface area contributed by atoms with Crippen molar-refractivity contribution in [3.63, 3.8) is 0 Å². The Balaban J connectivity index is 1.38. The van der Waals surface area contributed by atoms with E-state index in [1.807, 2.05) is 23.9 Å². The van der Waals surface area contributed by atoms with Crippen LogP contribution in [0.5, 0.6) is 0 Å². The second-order valence-corrected chi connectivity index (χ2v) is 8.23. The van der Waals surface area contributed by atoms with Crippen LogP contribution in [0.3, 0.4) is 0 Å². The first-order valence-electron chi connectivity index (χ1n) is 9.02. The number of hydrogen-bond donors (Lipinski definition) is 1. The van der Waals surface area contributed by atoms with Crippen molar-refractivity contribution in [1.29, 1.82) is 0 Å². The molecule has 0 bridgehead atoms. The molecule has 0 aliphatic carbocycles. The number of anilines is 2. The zero-order valence-electron chi connectivity index (χ0n) is 15.0. The number of nitrogens with one attached hydrogen (secondary N) is 1. The first kappa shape index (κ1) is 19.1. The molecule has 5 nitrogen and oxygen atoms in total. The Morgan fingerprint density at radius 2 is 2.07 bits per heavy atom. The number of thioether (sulfide) groups is 1. The van der Waals surface area contributed by atoms with Crippen molar-refractivity contribution in [1.82, 2.24) is 0 Å². The fraction of sp³-hybridized carbons (Fsp3) is 0.300. The van der Waals surface area contributed by atoms with Crippen molar-refractivity contribution in [3.05, 3.63) is 58.9 Å². The van der Waals surface area contributed by atoms with Crippen molar-refractivity contribution >= 4 is 46.4 Å². The van der Waals surface area contributed by atoms with Crippen molar-refractivity contribution in [2.24, 2.45) is 5.16 Å². The second kappa shape index (κ2) is 8.41. The molecule has 1 atom stereocenters. The van der Waals surface area contributed by atoms with Gasteiger partial charge in [-0.2, -0.15) is 11.8 Å². The van der Waals surface area contributed by atoms with Gasteiger partial charge in [0, 0.05) is 42.3 Å². The molecule has 2 aromatic carbocycles. The maximum absolute atomic E-state index is 13.4. The summed E-state index contributed by atoms with van der Waals surface area (Å²) in [6, 6.07) is 11.6. The summed E-state index contributed by atoms with van der Waals surface area (Å²) in [6.45, 7) is 1.93. The minimum atomic E-state index is -0.754. The van der Waals surface area contributed by atoms with Gasteiger partial charge in [-0.05, 0) is 30.3 Å². The lowest BCUT2D eigenvalue weighted by molar-refractivity contribution is -0.125. The SMILES string of the molecule is O=C(Nc1ccc(N2CCSCC2)c(Cl)c1)C1CC(c2cccc(F)c2)=NO1. The number of nitrogens with zero attached hydrogens (tertiary/aromatic N) is 2. The fourth-order valence-electron chi connectivity index (χ4n) is 3.22. The minimum absolute atomic E-state index is 0.284. The molecule has 1 unspecified atom stereocenters. The Hall–Kier alpha value is -2.25. The number of hydrogen-bond acceptors (Lipinski definition) is 5. The van der Waals surface area contributed by atoms with Crippen LogP contribution in [0, 0.1) is 5.82 Å². The van der Waals surface area contributed by atoms with Crippen LogP contribution in [0.2, 0.25) is 5.02 Å². The lowest BCUT2D eigenvalue weighted by atomic mass is 10.0. The van der Waals surface area contributed by atoms with E-state index in [-0.39, 0.29) is 18.1 Å². The highest BCUT2D eigenvalue weighted by Gasteiger charge is 2.29. The molecule has 4 rings (SSSR count). The Morgan fingerprint density at radius 1 is 1.25 bits per heavy atom. The van der Waals surface area contributed by atoms with Crippen LogP contribution in [-0.2, 0) is 9.63 Å². The van der Waals surface area contributed by atoms with Crippen molar-refractivity contribution < 1.29 is 14.0 Å². The molecule has 146 valence electrons. The third-order valence-electron chi connectivity index (χ3n) is 4.69. The second-order valence-electron chi connectivity index (χ2n) is 6.60. The van der Waals surface area contributed by atoms with E-state index >= 15 is 0 Å². The van der Waals surface area contributed by atoms with Gasteiger partial charge >= 0.3 is 0 Å². The predicted molar refractivity (Wildman–Crippen MR) is 112 cm³/mol. The van der Waals surface area contributed by atoms with Gasteiger partial charge < -0.3 is 15.1 Å². The van der Waals surface area contributed by atoms with Gasteiger partial charge in [0.05, 0.1) is 16.4 Å². The average molecular weight is 420 g/mol. The summed E-state index contributed by atoms with van der Waals surface area (Å²) >= 11 is 8.37. The minimum Gasteiger partial charge on any atom is -0.382 e. The highest BCUT2D eigenvalue weighted by Crippen LogP contribution is 2.31. The highest BCUT2D eigenvalue weighted by atomic mass is 35.5. The van der Waals surface area contributed by atoms with Gasteiger partial charge in [0.2, 0.25) is 6.10 Å².